The Morgan fingerprint density at radius 3 is 2.78 bits per heavy atom. The number of halogens is 1. The molecule has 0 radical (unpaired) electrons. The summed E-state index contributed by atoms with van der Waals surface area (Å²) in [5.41, 5.74) is 0.951. The molecule has 1 aromatic heterocycles. The molecule has 18 heavy (non-hydrogen) atoms. The van der Waals surface area contributed by atoms with Crippen LogP contribution in [0.2, 0.25) is 0 Å². The van der Waals surface area contributed by atoms with E-state index in [0.717, 1.165) is 5.56 Å². The van der Waals surface area contributed by atoms with Gasteiger partial charge in [0.05, 0.1) is 0 Å². The lowest BCUT2D eigenvalue weighted by Crippen LogP contribution is -1.98. The van der Waals surface area contributed by atoms with Crippen LogP contribution in [0, 0.1) is 6.92 Å². The quantitative estimate of drug-likeness (QED) is 0.882. The van der Waals surface area contributed by atoms with E-state index in [-0.39, 0.29) is 6.61 Å². The number of aryl methyl sites for hydroxylation is 1. The summed E-state index contributed by atoms with van der Waals surface area (Å²) < 4.78 is 6.42. The Balaban J connectivity index is 2.27. The van der Waals surface area contributed by atoms with Gasteiger partial charge in [0.2, 0.25) is 5.88 Å². The maximum atomic E-state index is 9.01. The van der Waals surface area contributed by atoms with Crippen LogP contribution in [0.25, 0.3) is 0 Å². The number of benzene rings is 1. The van der Waals surface area contributed by atoms with Gasteiger partial charge in [0.25, 0.3) is 0 Å². The van der Waals surface area contributed by atoms with E-state index in [1.165, 1.54) is 0 Å². The zero-order chi connectivity index (χ0) is 13.0. The molecule has 0 atom stereocenters. The number of hydrogen-bond donors (Lipinski definition) is 1. The van der Waals surface area contributed by atoms with Gasteiger partial charge >= 0.3 is 0 Å². The van der Waals surface area contributed by atoms with Crippen LogP contribution >= 0.6 is 15.9 Å². The Morgan fingerprint density at radius 2 is 2.06 bits per heavy atom. The van der Waals surface area contributed by atoms with E-state index >= 15 is 0 Å². The molecule has 2 aromatic rings. The molecule has 0 aliphatic rings. The van der Waals surface area contributed by atoms with Crippen LogP contribution in [0.5, 0.6) is 11.6 Å². The van der Waals surface area contributed by atoms with E-state index in [1.54, 1.807) is 13.0 Å². The molecule has 0 amide bonds. The van der Waals surface area contributed by atoms with Crippen molar-refractivity contribution in [2.24, 2.45) is 0 Å². The van der Waals surface area contributed by atoms with Crippen molar-refractivity contribution < 1.29 is 9.84 Å². The summed E-state index contributed by atoms with van der Waals surface area (Å²) in [4.78, 5) is 8.32. The Kier molecular flexibility index (Phi) is 4.28. The first-order valence-corrected chi connectivity index (χ1v) is 6.36. The van der Waals surface area contributed by atoms with Crippen LogP contribution in [0.3, 0.4) is 0 Å². The molecule has 0 saturated carbocycles. The van der Waals surface area contributed by atoms with Gasteiger partial charge in [-0.25, -0.2) is 4.98 Å². The summed E-state index contributed by atoms with van der Waals surface area (Å²) in [6.07, 6.45) is 0.557. The van der Waals surface area contributed by atoms with E-state index in [4.69, 9.17) is 9.84 Å². The van der Waals surface area contributed by atoms with Crippen LogP contribution < -0.4 is 4.74 Å². The number of ether oxygens (including phenoxy) is 1. The van der Waals surface area contributed by atoms with Gasteiger partial charge in [0.15, 0.2) is 0 Å². The molecule has 0 aliphatic carbocycles. The molecule has 0 unspecified atom stereocenters. The summed E-state index contributed by atoms with van der Waals surface area (Å²) in [5.74, 6) is 1.83. The van der Waals surface area contributed by atoms with Crippen molar-refractivity contribution in [3.8, 4) is 11.6 Å². The predicted molar refractivity (Wildman–Crippen MR) is 71.8 cm³/mol. The van der Waals surface area contributed by atoms with Gasteiger partial charge in [-0.1, -0.05) is 18.2 Å². The van der Waals surface area contributed by atoms with Gasteiger partial charge in [-0.2, -0.15) is 4.98 Å². The SMILES string of the molecule is Cc1nc(Br)cc(Oc2ccccc2CCO)n1. The Bertz CT molecular complexity index is 526. The first-order chi connectivity index (χ1) is 8.69. The highest BCUT2D eigenvalue weighted by atomic mass is 79.9. The van der Waals surface area contributed by atoms with Crippen LogP contribution in [0.15, 0.2) is 34.9 Å². The summed E-state index contributed by atoms with van der Waals surface area (Å²) in [7, 11) is 0. The third-order valence-electron chi connectivity index (χ3n) is 2.35. The molecular formula is C13H13BrN2O2. The van der Waals surface area contributed by atoms with Gasteiger partial charge in [-0.15, -0.1) is 0 Å². The number of para-hydroxylation sites is 1. The summed E-state index contributed by atoms with van der Waals surface area (Å²) in [5, 5.41) is 9.01. The molecule has 2 rings (SSSR count). The third kappa shape index (κ3) is 3.27. The van der Waals surface area contributed by atoms with Crippen LogP contribution in [-0.2, 0) is 6.42 Å². The highest BCUT2D eigenvalue weighted by Gasteiger charge is 2.06. The molecule has 5 heteroatoms. The molecule has 1 heterocycles. The van der Waals surface area contributed by atoms with E-state index < -0.39 is 0 Å². The molecule has 0 saturated heterocycles. The molecule has 1 aromatic carbocycles. The van der Waals surface area contributed by atoms with E-state index in [9.17, 15) is 0 Å². The second-order valence-electron chi connectivity index (χ2n) is 3.76. The summed E-state index contributed by atoms with van der Waals surface area (Å²) >= 11 is 3.30. The van der Waals surface area contributed by atoms with Crippen LogP contribution in [0.1, 0.15) is 11.4 Å². The molecule has 0 spiro atoms. The maximum absolute atomic E-state index is 9.01. The molecule has 1 N–H and O–H groups in total. The zero-order valence-electron chi connectivity index (χ0n) is 9.93. The van der Waals surface area contributed by atoms with Gasteiger partial charge in [0.1, 0.15) is 16.2 Å². The smallest absolute Gasteiger partial charge is 0.223 e. The molecule has 0 fully saturated rings. The number of nitrogens with zero attached hydrogens (tertiary/aromatic N) is 2. The van der Waals surface area contributed by atoms with Crippen molar-refractivity contribution in [1.82, 2.24) is 9.97 Å². The fourth-order valence-corrected chi connectivity index (χ4v) is 2.05. The first-order valence-electron chi connectivity index (χ1n) is 5.57. The molecule has 0 aliphatic heterocycles. The van der Waals surface area contributed by atoms with Crippen molar-refractivity contribution in [3.63, 3.8) is 0 Å². The molecule has 94 valence electrons. The van der Waals surface area contributed by atoms with Gasteiger partial charge in [0, 0.05) is 12.7 Å². The number of aliphatic hydroxyl groups is 1. The standard InChI is InChI=1S/C13H13BrN2O2/c1-9-15-12(14)8-13(16-9)18-11-5-3-2-4-10(11)6-7-17/h2-5,8,17H,6-7H2,1H3. The van der Waals surface area contributed by atoms with E-state index in [0.29, 0.717) is 28.5 Å². The largest absolute Gasteiger partial charge is 0.439 e. The highest BCUT2D eigenvalue weighted by Crippen LogP contribution is 2.25. The average molecular weight is 309 g/mol. The topological polar surface area (TPSA) is 55.2 Å². The highest BCUT2D eigenvalue weighted by molar-refractivity contribution is 9.10. The fraction of sp³-hybridized carbons (Fsp3) is 0.231. The molecule has 0 bridgehead atoms. The van der Waals surface area contributed by atoms with Gasteiger partial charge < -0.3 is 9.84 Å². The van der Waals surface area contributed by atoms with Gasteiger partial charge in [-0.05, 0) is 40.9 Å². The summed E-state index contributed by atoms with van der Waals surface area (Å²) in [6, 6.07) is 9.30. The molecular weight excluding hydrogens is 296 g/mol. The Morgan fingerprint density at radius 1 is 1.28 bits per heavy atom. The number of aliphatic hydroxyl groups excluding tert-OH is 1. The first kappa shape index (κ1) is 13.0. The monoisotopic (exact) mass is 308 g/mol. The zero-order valence-corrected chi connectivity index (χ0v) is 11.5. The second-order valence-corrected chi connectivity index (χ2v) is 4.57. The van der Waals surface area contributed by atoms with Crippen molar-refractivity contribution in [1.29, 1.82) is 0 Å². The minimum Gasteiger partial charge on any atom is -0.439 e. The Hall–Kier alpha value is -1.46. The lowest BCUT2D eigenvalue weighted by Gasteiger charge is -2.10. The van der Waals surface area contributed by atoms with Crippen molar-refractivity contribution in [3.05, 3.63) is 46.3 Å². The maximum Gasteiger partial charge on any atom is 0.223 e. The summed E-state index contributed by atoms with van der Waals surface area (Å²) in [6.45, 7) is 1.89. The number of rotatable bonds is 4. The third-order valence-corrected chi connectivity index (χ3v) is 2.76. The lowest BCUT2D eigenvalue weighted by atomic mass is 10.1. The number of hydrogen-bond acceptors (Lipinski definition) is 4. The van der Waals surface area contributed by atoms with Crippen molar-refractivity contribution >= 4 is 15.9 Å². The molecule has 4 nitrogen and oxygen atoms in total. The lowest BCUT2D eigenvalue weighted by molar-refractivity contribution is 0.297. The predicted octanol–water partition coefficient (Wildman–Crippen LogP) is 2.87. The second kappa shape index (κ2) is 5.93. The van der Waals surface area contributed by atoms with Crippen molar-refractivity contribution in [2.75, 3.05) is 6.61 Å². The average Bonchev–Trinajstić information content (AvgIpc) is 2.30. The normalized spacial score (nSPS) is 10.4. The number of aromatic nitrogens is 2. The van der Waals surface area contributed by atoms with Crippen molar-refractivity contribution in [2.45, 2.75) is 13.3 Å². The van der Waals surface area contributed by atoms with Gasteiger partial charge in [-0.3, -0.25) is 0 Å². The van der Waals surface area contributed by atoms with E-state index in [2.05, 4.69) is 25.9 Å². The minimum absolute atomic E-state index is 0.0901. The van der Waals surface area contributed by atoms with E-state index in [1.807, 2.05) is 24.3 Å². The van der Waals surface area contributed by atoms with Crippen LogP contribution in [0.4, 0.5) is 0 Å². The van der Waals surface area contributed by atoms with Crippen LogP contribution in [-0.4, -0.2) is 21.7 Å². The Labute approximate surface area is 114 Å². The fourth-order valence-electron chi connectivity index (χ4n) is 1.60. The minimum atomic E-state index is 0.0901.